The maximum absolute atomic E-state index is 13.0. The molecule has 1 N–H and O–H groups in total. The quantitative estimate of drug-likeness (QED) is 0.390. The first-order chi connectivity index (χ1) is 11.6. The maximum Gasteiger partial charge on any atom is 0.193 e. The van der Waals surface area contributed by atoms with Gasteiger partial charge in [0.2, 0.25) is 0 Å². The summed E-state index contributed by atoms with van der Waals surface area (Å²) >= 11 is 5.93. The van der Waals surface area contributed by atoms with E-state index >= 15 is 0 Å². The van der Waals surface area contributed by atoms with Crippen LogP contribution in [0.3, 0.4) is 0 Å². The van der Waals surface area contributed by atoms with Crippen LogP contribution in [-0.2, 0) is 0 Å². The third-order valence-electron chi connectivity index (χ3n) is 3.64. The van der Waals surface area contributed by atoms with Crippen LogP contribution >= 0.6 is 11.6 Å². The van der Waals surface area contributed by atoms with E-state index in [0.29, 0.717) is 16.2 Å². The highest BCUT2D eigenvalue weighted by molar-refractivity contribution is 6.32. The molecule has 0 aliphatic rings. The zero-order chi connectivity index (χ0) is 16.9. The summed E-state index contributed by atoms with van der Waals surface area (Å²) in [7, 11) is 0. The molecule has 0 amide bonds. The van der Waals surface area contributed by atoms with Crippen LogP contribution in [-0.4, -0.2) is 10.9 Å². The van der Waals surface area contributed by atoms with Gasteiger partial charge in [-0.05, 0) is 53.6 Å². The predicted octanol–water partition coefficient (Wildman–Crippen LogP) is 5.47. The molecule has 118 valence electrons. The van der Waals surface area contributed by atoms with Crippen molar-refractivity contribution in [2.45, 2.75) is 0 Å². The number of ketones is 1. The summed E-state index contributed by atoms with van der Waals surface area (Å²) in [6.45, 7) is 0. The lowest BCUT2D eigenvalue weighted by Gasteiger charge is -2.08. The molecule has 3 aromatic rings. The van der Waals surface area contributed by atoms with Crippen LogP contribution < -0.4 is 0 Å². The van der Waals surface area contributed by atoms with Crippen molar-refractivity contribution >= 4 is 29.0 Å². The van der Waals surface area contributed by atoms with Crippen molar-refractivity contribution in [3.63, 3.8) is 0 Å². The van der Waals surface area contributed by atoms with E-state index in [1.54, 1.807) is 24.3 Å². The Balaban J connectivity index is 2.06. The molecule has 0 saturated heterocycles. The molecule has 0 aromatic heterocycles. The van der Waals surface area contributed by atoms with E-state index in [9.17, 15) is 9.90 Å². The van der Waals surface area contributed by atoms with Gasteiger partial charge >= 0.3 is 0 Å². The highest BCUT2D eigenvalue weighted by Gasteiger charge is 2.14. The number of carbonyl (C=O) groups excluding carboxylic acids is 1. The molecule has 3 aromatic carbocycles. The number of phenols is 1. The van der Waals surface area contributed by atoms with Gasteiger partial charge in [-0.3, -0.25) is 4.79 Å². The minimum absolute atomic E-state index is 0.101. The Hall–Kier alpha value is -2.84. The molecule has 0 saturated carbocycles. The fourth-order valence-electron chi connectivity index (χ4n) is 2.39. The molecule has 3 rings (SSSR count). The van der Waals surface area contributed by atoms with Crippen molar-refractivity contribution in [3.8, 4) is 5.75 Å². The lowest BCUT2D eigenvalue weighted by Crippen LogP contribution is -2.02. The van der Waals surface area contributed by atoms with E-state index in [1.807, 2.05) is 48.5 Å². The second-order valence-corrected chi connectivity index (χ2v) is 5.79. The summed E-state index contributed by atoms with van der Waals surface area (Å²) in [6, 6.07) is 23.1. The molecule has 0 unspecified atom stereocenters. The number of rotatable bonds is 4. The first-order valence-corrected chi connectivity index (χ1v) is 7.88. The Morgan fingerprint density at radius 2 is 1.42 bits per heavy atom. The predicted molar refractivity (Wildman–Crippen MR) is 98.2 cm³/mol. The van der Waals surface area contributed by atoms with Gasteiger partial charge in [0, 0.05) is 16.2 Å². The van der Waals surface area contributed by atoms with Gasteiger partial charge in [-0.15, -0.1) is 0 Å². The van der Waals surface area contributed by atoms with Crippen molar-refractivity contribution in [2.24, 2.45) is 0 Å². The monoisotopic (exact) mass is 334 g/mol. The van der Waals surface area contributed by atoms with Gasteiger partial charge in [0.1, 0.15) is 5.75 Å². The van der Waals surface area contributed by atoms with Crippen LogP contribution in [0, 0.1) is 0 Å². The van der Waals surface area contributed by atoms with Crippen LogP contribution in [0.4, 0.5) is 0 Å². The lowest BCUT2D eigenvalue weighted by molar-refractivity contribution is 0.105. The van der Waals surface area contributed by atoms with E-state index in [0.717, 1.165) is 11.1 Å². The number of allylic oxidation sites excluding steroid dienone is 1. The number of benzene rings is 3. The zero-order valence-electron chi connectivity index (χ0n) is 12.8. The largest absolute Gasteiger partial charge is 0.508 e. The van der Waals surface area contributed by atoms with Crippen LogP contribution in [0.15, 0.2) is 78.9 Å². The summed E-state index contributed by atoms with van der Waals surface area (Å²) in [5.74, 6) is 0.0330. The first kappa shape index (κ1) is 16.0. The van der Waals surface area contributed by atoms with E-state index in [-0.39, 0.29) is 11.5 Å². The zero-order valence-corrected chi connectivity index (χ0v) is 13.6. The maximum atomic E-state index is 13.0. The molecule has 24 heavy (non-hydrogen) atoms. The number of Topliss-reactive ketones (excluding diaryl/α,β-unsaturated/α-hetero) is 1. The summed E-state index contributed by atoms with van der Waals surface area (Å²) in [4.78, 5) is 13.0. The molecule has 0 bridgehead atoms. The van der Waals surface area contributed by atoms with Crippen LogP contribution in [0.1, 0.15) is 21.5 Å². The smallest absolute Gasteiger partial charge is 0.193 e. The molecule has 0 aliphatic heterocycles. The Labute approximate surface area is 145 Å². The van der Waals surface area contributed by atoms with Crippen LogP contribution in [0.5, 0.6) is 5.75 Å². The normalized spacial score (nSPS) is 11.3. The molecule has 0 atom stereocenters. The summed E-state index contributed by atoms with van der Waals surface area (Å²) < 4.78 is 0. The van der Waals surface area contributed by atoms with Gasteiger partial charge in [-0.2, -0.15) is 0 Å². The van der Waals surface area contributed by atoms with Gasteiger partial charge in [0.25, 0.3) is 0 Å². The Kier molecular flexibility index (Phi) is 4.78. The standard InChI is InChI=1S/C21H15ClO2/c22-18-10-6-15(7-11-18)14-20(16-4-2-1-3-5-16)21(24)17-8-12-19(23)13-9-17/h1-14,23H. The van der Waals surface area contributed by atoms with Crippen molar-refractivity contribution in [1.82, 2.24) is 0 Å². The highest BCUT2D eigenvalue weighted by atomic mass is 35.5. The fourth-order valence-corrected chi connectivity index (χ4v) is 2.52. The van der Waals surface area contributed by atoms with Crippen LogP contribution in [0.2, 0.25) is 5.02 Å². The van der Waals surface area contributed by atoms with Crippen molar-refractivity contribution < 1.29 is 9.90 Å². The van der Waals surface area contributed by atoms with E-state index in [2.05, 4.69) is 0 Å². The minimum Gasteiger partial charge on any atom is -0.508 e. The number of phenolic OH excluding ortho intramolecular Hbond substituents is 1. The third-order valence-corrected chi connectivity index (χ3v) is 3.89. The average Bonchev–Trinajstić information content (AvgIpc) is 2.62. The number of hydrogen-bond acceptors (Lipinski definition) is 2. The highest BCUT2D eigenvalue weighted by Crippen LogP contribution is 2.24. The van der Waals surface area contributed by atoms with E-state index in [1.165, 1.54) is 12.1 Å². The van der Waals surface area contributed by atoms with Crippen molar-refractivity contribution in [1.29, 1.82) is 0 Å². The summed E-state index contributed by atoms with van der Waals surface area (Å²) in [5, 5.41) is 10.1. The SMILES string of the molecule is O=C(C(=Cc1ccc(Cl)cc1)c1ccccc1)c1ccc(O)cc1. The molecule has 0 spiro atoms. The molecule has 0 heterocycles. The van der Waals surface area contributed by atoms with Gasteiger partial charge in [0.15, 0.2) is 5.78 Å². The molecule has 3 heteroatoms. The minimum atomic E-state index is -0.101. The number of hydrogen-bond donors (Lipinski definition) is 1. The third kappa shape index (κ3) is 3.73. The van der Waals surface area contributed by atoms with Gasteiger partial charge in [0.05, 0.1) is 0 Å². The second kappa shape index (κ2) is 7.16. The molecule has 2 nitrogen and oxygen atoms in total. The molecule has 0 aliphatic carbocycles. The first-order valence-electron chi connectivity index (χ1n) is 7.50. The summed E-state index contributed by atoms with van der Waals surface area (Å²) in [5.41, 5.74) is 2.84. The molecule has 0 radical (unpaired) electrons. The molecule has 0 fully saturated rings. The van der Waals surface area contributed by atoms with Gasteiger partial charge in [-0.1, -0.05) is 54.1 Å². The van der Waals surface area contributed by atoms with Crippen molar-refractivity contribution in [2.75, 3.05) is 0 Å². The van der Waals surface area contributed by atoms with Gasteiger partial charge < -0.3 is 5.11 Å². The topological polar surface area (TPSA) is 37.3 Å². The lowest BCUT2D eigenvalue weighted by atomic mass is 9.95. The van der Waals surface area contributed by atoms with E-state index in [4.69, 9.17) is 11.6 Å². The molecular weight excluding hydrogens is 320 g/mol. The fraction of sp³-hybridized carbons (Fsp3) is 0. The summed E-state index contributed by atoms with van der Waals surface area (Å²) in [6.07, 6.45) is 1.85. The van der Waals surface area contributed by atoms with Crippen LogP contribution in [0.25, 0.3) is 11.6 Å². The number of carbonyl (C=O) groups is 1. The Morgan fingerprint density at radius 3 is 2.04 bits per heavy atom. The second-order valence-electron chi connectivity index (χ2n) is 5.35. The molecular formula is C21H15ClO2. The number of halogens is 1. The van der Waals surface area contributed by atoms with E-state index < -0.39 is 0 Å². The average molecular weight is 335 g/mol. The van der Waals surface area contributed by atoms with Gasteiger partial charge in [-0.25, -0.2) is 0 Å². The van der Waals surface area contributed by atoms with Crippen molar-refractivity contribution in [3.05, 3.63) is 101 Å². The Morgan fingerprint density at radius 1 is 0.792 bits per heavy atom. The number of aromatic hydroxyl groups is 1. The Bertz CT molecular complexity index is 864.